The molecule has 0 fully saturated rings. The SMILES string of the molecule is CCS(=O)(=O)NCCc1cc(C)no1. The van der Waals surface area contributed by atoms with Crippen molar-refractivity contribution in [2.75, 3.05) is 12.3 Å². The van der Waals surface area contributed by atoms with E-state index in [0.29, 0.717) is 18.7 Å². The molecule has 6 heteroatoms. The third-order valence-corrected chi connectivity index (χ3v) is 3.15. The van der Waals surface area contributed by atoms with Crippen LogP contribution < -0.4 is 4.72 Å². The minimum absolute atomic E-state index is 0.0996. The summed E-state index contributed by atoms with van der Waals surface area (Å²) in [6.45, 7) is 3.77. The van der Waals surface area contributed by atoms with E-state index in [1.807, 2.05) is 6.92 Å². The third kappa shape index (κ3) is 3.47. The zero-order chi connectivity index (χ0) is 10.6. The predicted molar refractivity (Wildman–Crippen MR) is 52.4 cm³/mol. The van der Waals surface area contributed by atoms with Crippen LogP contribution in [-0.2, 0) is 16.4 Å². The first-order chi connectivity index (χ1) is 6.53. The van der Waals surface area contributed by atoms with Gasteiger partial charge < -0.3 is 4.52 Å². The molecule has 0 aromatic carbocycles. The summed E-state index contributed by atoms with van der Waals surface area (Å²) in [5.74, 6) is 0.795. The first kappa shape index (κ1) is 11.2. The average Bonchev–Trinajstić information content (AvgIpc) is 2.51. The Bertz CT molecular complexity index is 383. The Morgan fingerprint density at radius 2 is 2.29 bits per heavy atom. The molecule has 14 heavy (non-hydrogen) atoms. The van der Waals surface area contributed by atoms with Crippen LogP contribution in [0.25, 0.3) is 0 Å². The molecular weight excluding hydrogens is 204 g/mol. The lowest BCUT2D eigenvalue weighted by Crippen LogP contribution is -2.27. The lowest BCUT2D eigenvalue weighted by atomic mass is 10.3. The largest absolute Gasteiger partial charge is 0.361 e. The zero-order valence-electron chi connectivity index (χ0n) is 8.28. The molecule has 1 rings (SSSR count). The summed E-state index contributed by atoms with van der Waals surface area (Å²) in [5, 5.41) is 3.70. The molecule has 0 bridgehead atoms. The number of aromatic nitrogens is 1. The number of hydrogen-bond acceptors (Lipinski definition) is 4. The Balaban J connectivity index is 2.36. The van der Waals surface area contributed by atoms with E-state index in [2.05, 4.69) is 9.88 Å². The fraction of sp³-hybridized carbons (Fsp3) is 0.625. The molecule has 0 radical (unpaired) electrons. The topological polar surface area (TPSA) is 72.2 Å². The van der Waals surface area contributed by atoms with Gasteiger partial charge in [0.1, 0.15) is 5.76 Å². The van der Waals surface area contributed by atoms with E-state index in [-0.39, 0.29) is 5.75 Å². The summed E-state index contributed by atoms with van der Waals surface area (Å²) >= 11 is 0. The highest BCUT2D eigenvalue weighted by molar-refractivity contribution is 7.89. The average molecular weight is 218 g/mol. The van der Waals surface area contributed by atoms with Crippen LogP contribution in [0.2, 0.25) is 0 Å². The Kier molecular flexibility index (Phi) is 3.65. The fourth-order valence-corrected chi connectivity index (χ4v) is 1.58. The number of hydrogen-bond donors (Lipinski definition) is 1. The van der Waals surface area contributed by atoms with Gasteiger partial charge in [-0.3, -0.25) is 0 Å². The van der Waals surface area contributed by atoms with E-state index in [0.717, 1.165) is 5.69 Å². The van der Waals surface area contributed by atoms with Crippen LogP contribution in [0, 0.1) is 6.92 Å². The zero-order valence-corrected chi connectivity index (χ0v) is 9.10. The van der Waals surface area contributed by atoms with E-state index in [9.17, 15) is 8.42 Å². The third-order valence-electron chi connectivity index (χ3n) is 1.75. The van der Waals surface area contributed by atoms with Gasteiger partial charge in [0.15, 0.2) is 0 Å². The molecule has 0 atom stereocenters. The van der Waals surface area contributed by atoms with Crippen molar-refractivity contribution < 1.29 is 12.9 Å². The van der Waals surface area contributed by atoms with Gasteiger partial charge in [0.2, 0.25) is 10.0 Å². The minimum atomic E-state index is -3.09. The summed E-state index contributed by atoms with van der Waals surface area (Å²) in [7, 11) is -3.09. The Hall–Kier alpha value is -0.880. The first-order valence-corrected chi connectivity index (χ1v) is 6.08. The lowest BCUT2D eigenvalue weighted by Gasteiger charge is -2.01. The molecule has 0 saturated carbocycles. The van der Waals surface area contributed by atoms with Crippen molar-refractivity contribution in [3.63, 3.8) is 0 Å². The van der Waals surface area contributed by atoms with Gasteiger partial charge in [-0.05, 0) is 13.8 Å². The van der Waals surface area contributed by atoms with Crippen molar-refractivity contribution in [1.82, 2.24) is 9.88 Å². The van der Waals surface area contributed by atoms with Gasteiger partial charge >= 0.3 is 0 Å². The van der Waals surface area contributed by atoms with Crippen LogP contribution in [0.15, 0.2) is 10.6 Å². The van der Waals surface area contributed by atoms with Crippen molar-refractivity contribution in [3.8, 4) is 0 Å². The second-order valence-electron chi connectivity index (χ2n) is 2.98. The molecule has 1 aromatic rings. The summed E-state index contributed by atoms with van der Waals surface area (Å²) in [4.78, 5) is 0. The van der Waals surface area contributed by atoms with Gasteiger partial charge in [-0.2, -0.15) is 0 Å². The Morgan fingerprint density at radius 3 is 2.79 bits per heavy atom. The van der Waals surface area contributed by atoms with E-state index in [4.69, 9.17) is 4.52 Å². The molecule has 0 aliphatic rings. The standard InChI is InChI=1S/C8H14N2O3S/c1-3-14(11,12)9-5-4-8-6-7(2)10-13-8/h6,9H,3-5H2,1-2H3. The summed E-state index contributed by atoms with van der Waals surface area (Å²) in [6, 6.07) is 1.79. The number of aryl methyl sites for hydroxylation is 1. The maximum atomic E-state index is 11.0. The number of nitrogens with one attached hydrogen (secondary N) is 1. The maximum absolute atomic E-state index is 11.0. The predicted octanol–water partition coefficient (Wildman–Crippen LogP) is 0.465. The molecule has 0 aliphatic carbocycles. The van der Waals surface area contributed by atoms with Crippen molar-refractivity contribution in [2.45, 2.75) is 20.3 Å². The van der Waals surface area contributed by atoms with E-state index in [1.54, 1.807) is 13.0 Å². The van der Waals surface area contributed by atoms with E-state index in [1.165, 1.54) is 0 Å². The monoisotopic (exact) mass is 218 g/mol. The summed E-state index contributed by atoms with van der Waals surface area (Å²) < 4.78 is 29.5. The molecule has 0 spiro atoms. The van der Waals surface area contributed by atoms with Gasteiger partial charge in [0, 0.05) is 19.0 Å². The smallest absolute Gasteiger partial charge is 0.211 e. The van der Waals surface area contributed by atoms with Gasteiger partial charge in [0.25, 0.3) is 0 Å². The fourth-order valence-electron chi connectivity index (χ4n) is 0.966. The second kappa shape index (κ2) is 4.56. The Morgan fingerprint density at radius 1 is 1.57 bits per heavy atom. The maximum Gasteiger partial charge on any atom is 0.211 e. The van der Waals surface area contributed by atoms with Crippen LogP contribution in [0.5, 0.6) is 0 Å². The quantitative estimate of drug-likeness (QED) is 0.779. The minimum Gasteiger partial charge on any atom is -0.361 e. The molecule has 0 saturated heterocycles. The van der Waals surface area contributed by atoms with Crippen molar-refractivity contribution in [2.24, 2.45) is 0 Å². The van der Waals surface area contributed by atoms with Crippen LogP contribution in [-0.4, -0.2) is 25.9 Å². The van der Waals surface area contributed by atoms with Crippen molar-refractivity contribution >= 4 is 10.0 Å². The Labute approximate surface area is 83.5 Å². The van der Waals surface area contributed by atoms with Crippen LogP contribution in [0.1, 0.15) is 18.4 Å². The van der Waals surface area contributed by atoms with Gasteiger partial charge in [-0.25, -0.2) is 13.1 Å². The summed E-state index contributed by atoms with van der Waals surface area (Å²) in [6.07, 6.45) is 0.528. The molecule has 5 nitrogen and oxygen atoms in total. The summed E-state index contributed by atoms with van der Waals surface area (Å²) in [5.41, 5.74) is 0.804. The van der Waals surface area contributed by atoms with Crippen molar-refractivity contribution in [3.05, 3.63) is 17.5 Å². The molecule has 1 aromatic heterocycles. The lowest BCUT2D eigenvalue weighted by molar-refractivity contribution is 0.379. The van der Waals surface area contributed by atoms with E-state index < -0.39 is 10.0 Å². The van der Waals surface area contributed by atoms with Gasteiger partial charge in [-0.15, -0.1) is 0 Å². The highest BCUT2D eigenvalue weighted by Crippen LogP contribution is 2.02. The normalized spacial score (nSPS) is 11.9. The first-order valence-electron chi connectivity index (χ1n) is 4.43. The number of nitrogens with zero attached hydrogens (tertiary/aromatic N) is 1. The molecule has 0 amide bonds. The molecule has 0 aliphatic heterocycles. The van der Waals surface area contributed by atoms with Gasteiger partial charge in [0.05, 0.1) is 11.4 Å². The highest BCUT2D eigenvalue weighted by Gasteiger charge is 2.06. The van der Waals surface area contributed by atoms with E-state index >= 15 is 0 Å². The van der Waals surface area contributed by atoms with Gasteiger partial charge in [-0.1, -0.05) is 5.16 Å². The molecule has 1 heterocycles. The van der Waals surface area contributed by atoms with Crippen LogP contribution in [0.4, 0.5) is 0 Å². The molecule has 80 valence electrons. The molecule has 1 N–H and O–H groups in total. The second-order valence-corrected chi connectivity index (χ2v) is 5.08. The van der Waals surface area contributed by atoms with Crippen LogP contribution >= 0.6 is 0 Å². The molecule has 0 unspecified atom stereocenters. The van der Waals surface area contributed by atoms with Crippen LogP contribution in [0.3, 0.4) is 0 Å². The van der Waals surface area contributed by atoms with Crippen molar-refractivity contribution in [1.29, 1.82) is 0 Å². The highest BCUT2D eigenvalue weighted by atomic mass is 32.2. The number of sulfonamides is 1. The number of rotatable bonds is 5. The molecular formula is C8H14N2O3S.